The molecule has 7 nitrogen and oxygen atoms in total. The van der Waals surface area contributed by atoms with Crippen LogP contribution in [0.15, 0.2) is 36.8 Å². The second-order valence-corrected chi connectivity index (χ2v) is 6.09. The fraction of sp³-hybridized carbons (Fsp3) is 0.294. The van der Waals surface area contributed by atoms with E-state index in [1.54, 1.807) is 23.0 Å². The van der Waals surface area contributed by atoms with Crippen molar-refractivity contribution in [2.75, 3.05) is 18.0 Å². The summed E-state index contributed by atoms with van der Waals surface area (Å²) in [5.74, 6) is -0.809. The van der Waals surface area contributed by atoms with Gasteiger partial charge in [-0.3, -0.25) is 4.79 Å². The van der Waals surface area contributed by atoms with Gasteiger partial charge in [0.05, 0.1) is 23.2 Å². The van der Waals surface area contributed by atoms with Crippen molar-refractivity contribution >= 4 is 22.8 Å². The lowest BCUT2D eigenvalue weighted by molar-refractivity contribution is -0.141. The second kappa shape index (κ2) is 6.12. The van der Waals surface area contributed by atoms with Gasteiger partial charge < -0.3 is 10.0 Å². The number of carboxylic acids is 1. The summed E-state index contributed by atoms with van der Waals surface area (Å²) in [4.78, 5) is 21.9. The molecule has 0 spiro atoms. The Morgan fingerprint density at radius 1 is 1.24 bits per heavy atom. The minimum atomic E-state index is -0.781. The van der Waals surface area contributed by atoms with Crippen molar-refractivity contribution in [2.24, 2.45) is 5.92 Å². The molecular weight excluding hydrogens is 325 g/mol. The number of fused-ring (bicyclic) bond motifs is 1. The minimum absolute atomic E-state index is 0.316. The first-order valence-electron chi connectivity index (χ1n) is 8.06. The molecule has 1 saturated heterocycles. The molecule has 3 aromatic rings. The highest BCUT2D eigenvalue weighted by molar-refractivity contribution is 5.88. The maximum atomic E-state index is 13.1. The summed E-state index contributed by atoms with van der Waals surface area (Å²) in [5.41, 5.74) is 1.30. The first-order valence-corrected chi connectivity index (χ1v) is 8.06. The summed E-state index contributed by atoms with van der Waals surface area (Å²) in [5, 5.41) is 14.4. The molecule has 1 aromatic carbocycles. The summed E-state index contributed by atoms with van der Waals surface area (Å²) >= 11 is 0. The molecule has 2 aromatic heterocycles. The third kappa shape index (κ3) is 2.79. The highest BCUT2D eigenvalue weighted by Gasteiger charge is 2.27. The molecule has 0 bridgehead atoms. The largest absolute Gasteiger partial charge is 0.481 e. The number of nitrogens with zero attached hydrogens (tertiary/aromatic N) is 5. The molecule has 128 valence electrons. The highest BCUT2D eigenvalue weighted by atomic mass is 19.1. The van der Waals surface area contributed by atoms with Gasteiger partial charge in [0.25, 0.3) is 0 Å². The first kappa shape index (κ1) is 15.5. The van der Waals surface area contributed by atoms with Crippen molar-refractivity contribution in [2.45, 2.75) is 12.8 Å². The smallest absolute Gasteiger partial charge is 0.308 e. The SMILES string of the molecule is O=C(O)C1CCCN(c2ncnc3c2cnn3-c2ccc(F)cc2)C1. The predicted molar refractivity (Wildman–Crippen MR) is 89.2 cm³/mol. The summed E-state index contributed by atoms with van der Waals surface area (Å²) in [6, 6.07) is 6.00. The molecule has 1 aliphatic heterocycles. The highest BCUT2D eigenvalue weighted by Crippen LogP contribution is 2.28. The van der Waals surface area contributed by atoms with E-state index in [4.69, 9.17) is 0 Å². The van der Waals surface area contributed by atoms with Crippen molar-refractivity contribution < 1.29 is 14.3 Å². The second-order valence-electron chi connectivity index (χ2n) is 6.09. The molecule has 0 saturated carbocycles. The number of benzene rings is 1. The maximum Gasteiger partial charge on any atom is 0.308 e. The number of halogens is 1. The fourth-order valence-corrected chi connectivity index (χ4v) is 3.23. The molecule has 1 aliphatic rings. The Morgan fingerprint density at radius 3 is 2.80 bits per heavy atom. The van der Waals surface area contributed by atoms with Crippen LogP contribution in [-0.4, -0.2) is 43.9 Å². The van der Waals surface area contributed by atoms with E-state index in [-0.39, 0.29) is 5.82 Å². The van der Waals surface area contributed by atoms with Gasteiger partial charge in [-0.15, -0.1) is 0 Å². The van der Waals surface area contributed by atoms with Gasteiger partial charge in [-0.25, -0.2) is 19.0 Å². The van der Waals surface area contributed by atoms with Crippen LogP contribution < -0.4 is 4.90 Å². The van der Waals surface area contributed by atoms with Gasteiger partial charge in [-0.2, -0.15) is 5.10 Å². The number of anilines is 1. The Balaban J connectivity index is 1.74. The quantitative estimate of drug-likeness (QED) is 0.787. The van der Waals surface area contributed by atoms with Crippen LogP contribution in [0.25, 0.3) is 16.7 Å². The topological polar surface area (TPSA) is 84.1 Å². The van der Waals surface area contributed by atoms with Crippen molar-refractivity contribution in [3.05, 3.63) is 42.6 Å². The molecule has 0 aliphatic carbocycles. The molecule has 1 N–H and O–H groups in total. The van der Waals surface area contributed by atoms with E-state index in [1.165, 1.54) is 18.5 Å². The number of hydrogen-bond donors (Lipinski definition) is 1. The third-order valence-corrected chi connectivity index (χ3v) is 4.49. The van der Waals surface area contributed by atoms with Crippen molar-refractivity contribution in [3.8, 4) is 5.69 Å². The van der Waals surface area contributed by atoms with E-state index < -0.39 is 11.9 Å². The number of carbonyl (C=O) groups is 1. The van der Waals surface area contributed by atoms with Crippen LogP contribution >= 0.6 is 0 Å². The minimum Gasteiger partial charge on any atom is -0.481 e. The zero-order valence-electron chi connectivity index (χ0n) is 13.3. The zero-order chi connectivity index (χ0) is 17.4. The van der Waals surface area contributed by atoms with Crippen molar-refractivity contribution in [1.29, 1.82) is 0 Å². The van der Waals surface area contributed by atoms with Gasteiger partial charge in [0.2, 0.25) is 0 Å². The van der Waals surface area contributed by atoms with E-state index in [0.29, 0.717) is 30.1 Å². The molecule has 0 amide bonds. The lowest BCUT2D eigenvalue weighted by atomic mass is 9.98. The molecule has 0 radical (unpaired) electrons. The standard InChI is InChI=1S/C17H16FN5O2/c18-12-3-5-13(6-4-12)23-16-14(8-21-23)15(19-10-20-16)22-7-1-2-11(9-22)17(24)25/h3-6,8,10-11H,1-2,7,9H2,(H,24,25). The van der Waals surface area contributed by atoms with Gasteiger partial charge >= 0.3 is 5.97 Å². The molecule has 8 heteroatoms. The summed E-state index contributed by atoms with van der Waals surface area (Å²) < 4.78 is 14.8. The molecular formula is C17H16FN5O2. The summed E-state index contributed by atoms with van der Waals surface area (Å²) in [7, 11) is 0. The third-order valence-electron chi connectivity index (χ3n) is 4.49. The maximum absolute atomic E-state index is 13.1. The van der Waals surface area contributed by atoms with E-state index in [9.17, 15) is 14.3 Å². The number of aliphatic carboxylic acids is 1. The monoisotopic (exact) mass is 341 g/mol. The Kier molecular flexibility index (Phi) is 3.79. The van der Waals surface area contributed by atoms with Crippen LogP contribution in [0, 0.1) is 11.7 Å². The van der Waals surface area contributed by atoms with Crippen LogP contribution in [-0.2, 0) is 4.79 Å². The Labute approximate surface area is 142 Å². The average Bonchev–Trinajstić information content (AvgIpc) is 3.06. The summed E-state index contributed by atoms with van der Waals surface area (Å²) in [6.45, 7) is 1.17. The Hall–Kier alpha value is -3.03. The number of carboxylic acid groups (broad SMARTS) is 1. The lowest BCUT2D eigenvalue weighted by Crippen LogP contribution is -2.39. The molecule has 4 rings (SSSR count). The van der Waals surface area contributed by atoms with Crippen LogP contribution in [0.5, 0.6) is 0 Å². The molecule has 1 fully saturated rings. The molecule has 25 heavy (non-hydrogen) atoms. The number of hydrogen-bond acceptors (Lipinski definition) is 5. The van der Waals surface area contributed by atoms with E-state index in [0.717, 1.165) is 18.4 Å². The normalized spacial score (nSPS) is 17.8. The van der Waals surface area contributed by atoms with Gasteiger partial charge in [-0.05, 0) is 37.1 Å². The fourth-order valence-electron chi connectivity index (χ4n) is 3.23. The number of piperidine rings is 1. The van der Waals surface area contributed by atoms with E-state index in [2.05, 4.69) is 15.1 Å². The van der Waals surface area contributed by atoms with Crippen LogP contribution in [0.1, 0.15) is 12.8 Å². The number of rotatable bonds is 3. The van der Waals surface area contributed by atoms with Gasteiger partial charge in [0.1, 0.15) is 18.0 Å². The Bertz CT molecular complexity index is 924. The van der Waals surface area contributed by atoms with Crippen LogP contribution in [0.2, 0.25) is 0 Å². The average molecular weight is 341 g/mol. The zero-order valence-corrected chi connectivity index (χ0v) is 13.3. The molecule has 1 unspecified atom stereocenters. The first-order chi connectivity index (χ1) is 12.1. The van der Waals surface area contributed by atoms with Gasteiger partial charge in [-0.1, -0.05) is 0 Å². The molecule has 3 heterocycles. The summed E-state index contributed by atoms with van der Waals surface area (Å²) in [6.07, 6.45) is 4.59. The predicted octanol–water partition coefficient (Wildman–Crippen LogP) is 2.26. The molecule has 1 atom stereocenters. The van der Waals surface area contributed by atoms with Gasteiger partial charge in [0, 0.05) is 13.1 Å². The van der Waals surface area contributed by atoms with Crippen molar-refractivity contribution in [1.82, 2.24) is 19.7 Å². The van der Waals surface area contributed by atoms with Crippen LogP contribution in [0.3, 0.4) is 0 Å². The number of aromatic nitrogens is 4. The van der Waals surface area contributed by atoms with Crippen LogP contribution in [0.4, 0.5) is 10.2 Å². The lowest BCUT2D eigenvalue weighted by Gasteiger charge is -2.31. The van der Waals surface area contributed by atoms with Gasteiger partial charge in [0.15, 0.2) is 5.65 Å². The van der Waals surface area contributed by atoms with E-state index >= 15 is 0 Å². The van der Waals surface area contributed by atoms with E-state index in [1.807, 2.05) is 4.90 Å². The Morgan fingerprint density at radius 2 is 2.04 bits per heavy atom. The van der Waals surface area contributed by atoms with Crippen molar-refractivity contribution in [3.63, 3.8) is 0 Å².